The molecule has 0 saturated heterocycles. The standard InChI is InChI=1S/C47H42/c1-46(2,3)35-23-18-30(19-24-35)43-39-15-9-10-16-40(39)44(31-20-25-36(26-21-31)47(4,5)6)42-29-33(22-27-41(42)43)38-17-11-13-34-28-32-12-7-8-14-37(32)45(34)38/h7-27,29H,28H2,1-6H3. The van der Waals surface area contributed by atoms with Crippen molar-refractivity contribution in [1.29, 1.82) is 0 Å². The van der Waals surface area contributed by atoms with Gasteiger partial charge in [-0.1, -0.05) is 169 Å². The zero-order chi connectivity index (χ0) is 32.5. The van der Waals surface area contributed by atoms with Crippen molar-refractivity contribution in [3.8, 4) is 44.5 Å². The van der Waals surface area contributed by atoms with E-state index in [0.29, 0.717) is 0 Å². The van der Waals surface area contributed by atoms with E-state index in [9.17, 15) is 0 Å². The first-order valence-corrected chi connectivity index (χ1v) is 17.0. The van der Waals surface area contributed by atoms with Crippen LogP contribution in [0, 0.1) is 0 Å². The van der Waals surface area contributed by atoms with Crippen LogP contribution in [-0.2, 0) is 17.3 Å². The molecule has 0 heterocycles. The molecule has 0 heteroatoms. The fourth-order valence-corrected chi connectivity index (χ4v) is 7.67. The fourth-order valence-electron chi connectivity index (χ4n) is 7.67. The van der Waals surface area contributed by atoms with E-state index >= 15 is 0 Å². The Morgan fingerprint density at radius 3 is 1.43 bits per heavy atom. The molecule has 7 aromatic carbocycles. The van der Waals surface area contributed by atoms with Gasteiger partial charge < -0.3 is 0 Å². The zero-order valence-corrected chi connectivity index (χ0v) is 28.4. The van der Waals surface area contributed by atoms with Crippen molar-refractivity contribution in [2.75, 3.05) is 0 Å². The van der Waals surface area contributed by atoms with Gasteiger partial charge in [0.2, 0.25) is 0 Å². The van der Waals surface area contributed by atoms with Crippen molar-refractivity contribution < 1.29 is 0 Å². The van der Waals surface area contributed by atoms with Crippen molar-refractivity contribution >= 4 is 21.5 Å². The minimum atomic E-state index is 0.100. The SMILES string of the molecule is CC(C)(C)c1ccc(-c2c3ccccc3c(-c3ccc(C(C)(C)C)cc3)c3cc(-c4cccc5c4-c4ccccc4C5)ccc23)cc1. The van der Waals surface area contributed by atoms with Gasteiger partial charge in [-0.05, 0) is 112 Å². The normalized spacial score (nSPS) is 12.8. The summed E-state index contributed by atoms with van der Waals surface area (Å²) in [5, 5.41) is 5.17. The van der Waals surface area contributed by atoms with Crippen LogP contribution in [0.4, 0.5) is 0 Å². The molecular formula is C47H42. The van der Waals surface area contributed by atoms with E-state index in [2.05, 4.69) is 175 Å². The molecule has 0 nitrogen and oxygen atoms in total. The summed E-state index contributed by atoms with van der Waals surface area (Å²) >= 11 is 0. The van der Waals surface area contributed by atoms with Crippen molar-refractivity contribution in [2.45, 2.75) is 58.8 Å². The number of fused-ring (bicyclic) bond motifs is 5. The molecule has 1 aliphatic carbocycles. The Morgan fingerprint density at radius 2 is 0.830 bits per heavy atom. The quantitative estimate of drug-likeness (QED) is 0.176. The summed E-state index contributed by atoms with van der Waals surface area (Å²) in [4.78, 5) is 0. The summed E-state index contributed by atoms with van der Waals surface area (Å²) in [6, 6.07) is 50.6. The molecule has 0 saturated carbocycles. The number of hydrogen-bond donors (Lipinski definition) is 0. The van der Waals surface area contributed by atoms with Crippen molar-refractivity contribution in [3.05, 3.63) is 156 Å². The average Bonchev–Trinajstić information content (AvgIpc) is 3.45. The predicted molar refractivity (Wildman–Crippen MR) is 203 cm³/mol. The molecule has 1 aliphatic rings. The molecule has 0 unspecified atom stereocenters. The molecule has 0 atom stereocenters. The Labute approximate surface area is 279 Å². The molecule has 8 rings (SSSR count). The first-order valence-electron chi connectivity index (χ1n) is 17.0. The monoisotopic (exact) mass is 606 g/mol. The first kappa shape index (κ1) is 29.5. The van der Waals surface area contributed by atoms with E-state index in [1.165, 1.54) is 88.3 Å². The molecule has 0 fully saturated rings. The fraction of sp³-hybridized carbons (Fsp3) is 0.191. The average molecular weight is 607 g/mol. The van der Waals surface area contributed by atoms with Gasteiger partial charge in [0.25, 0.3) is 0 Å². The molecule has 0 bridgehead atoms. The summed E-state index contributed by atoms with van der Waals surface area (Å²) in [5.41, 5.74) is 16.2. The lowest BCUT2D eigenvalue weighted by atomic mass is 9.82. The van der Waals surface area contributed by atoms with Crippen LogP contribution in [0.5, 0.6) is 0 Å². The van der Waals surface area contributed by atoms with Gasteiger partial charge in [0.15, 0.2) is 0 Å². The van der Waals surface area contributed by atoms with Crippen LogP contribution in [0.2, 0.25) is 0 Å². The molecule has 7 aromatic rings. The zero-order valence-electron chi connectivity index (χ0n) is 28.4. The van der Waals surface area contributed by atoms with Crippen molar-refractivity contribution in [3.63, 3.8) is 0 Å². The summed E-state index contributed by atoms with van der Waals surface area (Å²) in [5.74, 6) is 0. The number of rotatable bonds is 3. The Hall–Kier alpha value is -4.94. The van der Waals surface area contributed by atoms with Crippen LogP contribution in [0.25, 0.3) is 66.1 Å². The van der Waals surface area contributed by atoms with Crippen molar-refractivity contribution in [2.24, 2.45) is 0 Å². The maximum Gasteiger partial charge on any atom is -0.00132 e. The van der Waals surface area contributed by atoms with Crippen molar-refractivity contribution in [1.82, 2.24) is 0 Å². The lowest BCUT2D eigenvalue weighted by Gasteiger charge is -2.22. The Kier molecular flexibility index (Phi) is 6.78. The molecule has 230 valence electrons. The van der Waals surface area contributed by atoms with Crippen LogP contribution in [0.1, 0.15) is 63.8 Å². The van der Waals surface area contributed by atoms with E-state index in [1.807, 2.05) is 0 Å². The van der Waals surface area contributed by atoms with E-state index < -0.39 is 0 Å². The molecule has 0 N–H and O–H groups in total. The van der Waals surface area contributed by atoms with E-state index in [4.69, 9.17) is 0 Å². The highest BCUT2D eigenvalue weighted by atomic mass is 14.3. The molecule has 0 spiro atoms. The minimum absolute atomic E-state index is 0.100. The van der Waals surface area contributed by atoms with E-state index in [-0.39, 0.29) is 10.8 Å². The largest absolute Gasteiger partial charge is 0.0619 e. The second-order valence-electron chi connectivity index (χ2n) is 15.4. The maximum absolute atomic E-state index is 2.47. The first-order chi connectivity index (χ1) is 22.6. The van der Waals surface area contributed by atoms with Crippen LogP contribution >= 0.6 is 0 Å². The lowest BCUT2D eigenvalue weighted by Crippen LogP contribution is -2.10. The van der Waals surface area contributed by atoms with Crippen LogP contribution in [-0.4, -0.2) is 0 Å². The van der Waals surface area contributed by atoms with Crippen LogP contribution < -0.4 is 0 Å². The van der Waals surface area contributed by atoms with Gasteiger partial charge in [-0.15, -0.1) is 0 Å². The molecule has 47 heavy (non-hydrogen) atoms. The van der Waals surface area contributed by atoms with Crippen LogP contribution in [0.15, 0.2) is 133 Å². The lowest BCUT2D eigenvalue weighted by molar-refractivity contribution is 0.590. The Balaban J connectivity index is 1.44. The molecule has 0 radical (unpaired) electrons. The highest BCUT2D eigenvalue weighted by Crippen LogP contribution is 2.48. The Morgan fingerprint density at radius 1 is 0.362 bits per heavy atom. The van der Waals surface area contributed by atoms with Gasteiger partial charge in [-0.3, -0.25) is 0 Å². The van der Waals surface area contributed by atoms with Crippen LogP contribution in [0.3, 0.4) is 0 Å². The third kappa shape index (κ3) is 4.99. The molecule has 0 aromatic heterocycles. The summed E-state index contributed by atoms with van der Waals surface area (Å²) in [6.45, 7) is 13.7. The maximum atomic E-state index is 2.47. The Bertz CT molecular complexity index is 2300. The number of benzene rings is 7. The smallest absolute Gasteiger partial charge is 0.00132 e. The second-order valence-corrected chi connectivity index (χ2v) is 15.4. The third-order valence-corrected chi connectivity index (χ3v) is 10.2. The highest BCUT2D eigenvalue weighted by Gasteiger charge is 2.24. The molecular weight excluding hydrogens is 565 g/mol. The van der Waals surface area contributed by atoms with Gasteiger partial charge in [0.1, 0.15) is 0 Å². The highest BCUT2D eigenvalue weighted by molar-refractivity contribution is 6.22. The topological polar surface area (TPSA) is 0 Å². The van der Waals surface area contributed by atoms with E-state index in [0.717, 1.165) is 6.42 Å². The molecule has 0 aliphatic heterocycles. The van der Waals surface area contributed by atoms with Gasteiger partial charge in [0.05, 0.1) is 0 Å². The van der Waals surface area contributed by atoms with E-state index in [1.54, 1.807) is 0 Å². The number of hydrogen-bond acceptors (Lipinski definition) is 0. The molecule has 0 amide bonds. The van der Waals surface area contributed by atoms with Gasteiger partial charge >= 0.3 is 0 Å². The summed E-state index contributed by atoms with van der Waals surface area (Å²) < 4.78 is 0. The summed E-state index contributed by atoms with van der Waals surface area (Å²) in [7, 11) is 0. The van der Waals surface area contributed by atoms with Gasteiger partial charge in [0, 0.05) is 0 Å². The minimum Gasteiger partial charge on any atom is -0.0619 e. The van der Waals surface area contributed by atoms with Gasteiger partial charge in [-0.25, -0.2) is 0 Å². The summed E-state index contributed by atoms with van der Waals surface area (Å²) in [6.07, 6.45) is 0.998. The van der Waals surface area contributed by atoms with Gasteiger partial charge in [-0.2, -0.15) is 0 Å². The third-order valence-electron chi connectivity index (χ3n) is 10.2. The predicted octanol–water partition coefficient (Wildman–Crippen LogP) is 13.2. The second kappa shape index (κ2) is 10.8.